The first-order valence-electron chi connectivity index (χ1n) is 6.80. The molecule has 1 saturated carbocycles. The maximum atomic E-state index is 12.5. The predicted octanol–water partition coefficient (Wildman–Crippen LogP) is 2.40. The van der Waals surface area contributed by atoms with Crippen LogP contribution in [-0.2, 0) is 0 Å². The third kappa shape index (κ3) is 1.96. The summed E-state index contributed by atoms with van der Waals surface area (Å²) in [4.78, 5) is 12.5. The highest BCUT2D eigenvalue weighted by molar-refractivity contribution is 5.99. The van der Waals surface area contributed by atoms with Crippen molar-refractivity contribution in [3.63, 3.8) is 0 Å². The standard InChI is InChI=1S/C15H18N2O2/c1-15(19)12-9-5-6-10-13(12)16-17(15)14(18)11-7-3-2-4-8-11/h2-4,7-8,12,19H,5-6,9-10H2,1H3/t12-,15+/m1/s1. The molecule has 0 bridgehead atoms. The Hall–Kier alpha value is -1.68. The summed E-state index contributed by atoms with van der Waals surface area (Å²) in [5, 5.41) is 16.3. The molecule has 2 atom stereocenters. The zero-order chi connectivity index (χ0) is 13.5. The van der Waals surface area contributed by atoms with Crippen molar-refractivity contribution in [3.05, 3.63) is 35.9 Å². The third-order valence-electron chi connectivity index (χ3n) is 4.11. The minimum absolute atomic E-state index is 0.00564. The molecule has 1 aromatic rings. The summed E-state index contributed by atoms with van der Waals surface area (Å²) in [7, 11) is 0. The van der Waals surface area contributed by atoms with Crippen LogP contribution in [-0.4, -0.2) is 27.5 Å². The molecule has 2 aliphatic rings. The molecular weight excluding hydrogens is 240 g/mol. The van der Waals surface area contributed by atoms with E-state index < -0.39 is 5.72 Å². The van der Waals surface area contributed by atoms with Crippen LogP contribution in [0.3, 0.4) is 0 Å². The molecule has 4 nitrogen and oxygen atoms in total. The van der Waals surface area contributed by atoms with Gasteiger partial charge in [0, 0.05) is 17.2 Å². The van der Waals surface area contributed by atoms with Crippen LogP contribution < -0.4 is 0 Å². The second-order valence-corrected chi connectivity index (χ2v) is 5.47. The Bertz CT molecular complexity index is 522. The van der Waals surface area contributed by atoms with Gasteiger partial charge in [-0.15, -0.1) is 0 Å². The summed E-state index contributed by atoms with van der Waals surface area (Å²) in [5.41, 5.74) is 0.342. The van der Waals surface area contributed by atoms with E-state index in [1.165, 1.54) is 5.01 Å². The van der Waals surface area contributed by atoms with E-state index in [-0.39, 0.29) is 11.8 Å². The Morgan fingerprint density at radius 3 is 2.79 bits per heavy atom. The van der Waals surface area contributed by atoms with Gasteiger partial charge in [-0.05, 0) is 38.3 Å². The van der Waals surface area contributed by atoms with Crippen molar-refractivity contribution in [3.8, 4) is 0 Å². The molecule has 1 aliphatic carbocycles. The van der Waals surface area contributed by atoms with Gasteiger partial charge in [0.25, 0.3) is 5.91 Å². The molecule has 1 aliphatic heterocycles. The van der Waals surface area contributed by atoms with Crippen LogP contribution in [0.15, 0.2) is 35.4 Å². The lowest BCUT2D eigenvalue weighted by Crippen LogP contribution is -2.49. The Kier molecular flexibility index (Phi) is 2.90. The van der Waals surface area contributed by atoms with E-state index in [2.05, 4.69) is 5.10 Å². The Labute approximate surface area is 112 Å². The minimum Gasteiger partial charge on any atom is -0.369 e. The van der Waals surface area contributed by atoms with Crippen LogP contribution in [0.5, 0.6) is 0 Å². The fourth-order valence-electron chi connectivity index (χ4n) is 3.04. The summed E-state index contributed by atoms with van der Waals surface area (Å²) in [5.74, 6) is -0.235. The summed E-state index contributed by atoms with van der Waals surface area (Å²) < 4.78 is 0. The third-order valence-corrected chi connectivity index (χ3v) is 4.11. The summed E-state index contributed by atoms with van der Waals surface area (Å²) in [6.07, 6.45) is 3.98. The molecule has 0 radical (unpaired) electrons. The van der Waals surface area contributed by atoms with E-state index in [1.54, 1.807) is 19.1 Å². The van der Waals surface area contributed by atoms with Crippen LogP contribution in [0.25, 0.3) is 0 Å². The van der Waals surface area contributed by atoms with Gasteiger partial charge in [0.15, 0.2) is 5.72 Å². The molecule has 1 aromatic carbocycles. The number of hydrogen-bond donors (Lipinski definition) is 1. The van der Waals surface area contributed by atoms with Crippen molar-refractivity contribution in [1.82, 2.24) is 5.01 Å². The van der Waals surface area contributed by atoms with Crippen molar-refractivity contribution in [2.45, 2.75) is 38.3 Å². The monoisotopic (exact) mass is 258 g/mol. The number of hydrazone groups is 1. The number of fused-ring (bicyclic) bond motifs is 1. The first kappa shape index (κ1) is 12.4. The average molecular weight is 258 g/mol. The highest BCUT2D eigenvalue weighted by Crippen LogP contribution is 2.39. The lowest BCUT2D eigenvalue weighted by Gasteiger charge is -2.33. The van der Waals surface area contributed by atoms with Crippen molar-refractivity contribution < 1.29 is 9.90 Å². The fourth-order valence-corrected chi connectivity index (χ4v) is 3.04. The number of hydrogen-bond acceptors (Lipinski definition) is 3. The first-order chi connectivity index (χ1) is 9.10. The molecule has 0 aromatic heterocycles. The summed E-state index contributed by atoms with van der Waals surface area (Å²) in [6.45, 7) is 1.69. The highest BCUT2D eigenvalue weighted by atomic mass is 16.3. The minimum atomic E-state index is -1.19. The van der Waals surface area contributed by atoms with Gasteiger partial charge in [0.2, 0.25) is 0 Å². The SMILES string of the molecule is C[C@]1(O)[C@@H]2CCCCC2=NN1C(=O)c1ccccc1. The van der Waals surface area contributed by atoms with Gasteiger partial charge in [0.05, 0.1) is 0 Å². The summed E-state index contributed by atoms with van der Waals surface area (Å²) in [6, 6.07) is 9.00. The largest absolute Gasteiger partial charge is 0.369 e. The van der Waals surface area contributed by atoms with Gasteiger partial charge < -0.3 is 5.11 Å². The van der Waals surface area contributed by atoms with Crippen molar-refractivity contribution in [2.24, 2.45) is 11.0 Å². The van der Waals surface area contributed by atoms with Crippen LogP contribution in [0.4, 0.5) is 0 Å². The second-order valence-electron chi connectivity index (χ2n) is 5.47. The normalized spacial score (nSPS) is 29.9. The Balaban J connectivity index is 1.93. The van der Waals surface area contributed by atoms with Gasteiger partial charge >= 0.3 is 0 Å². The topological polar surface area (TPSA) is 52.9 Å². The number of amides is 1. The van der Waals surface area contributed by atoms with Crippen LogP contribution >= 0.6 is 0 Å². The van der Waals surface area contributed by atoms with Crippen LogP contribution in [0, 0.1) is 5.92 Å². The first-order valence-corrected chi connectivity index (χ1v) is 6.80. The lowest BCUT2D eigenvalue weighted by molar-refractivity contribution is -0.0852. The maximum Gasteiger partial charge on any atom is 0.276 e. The van der Waals surface area contributed by atoms with E-state index in [9.17, 15) is 9.90 Å². The number of benzene rings is 1. The molecule has 1 amide bonds. The van der Waals surface area contributed by atoms with Crippen molar-refractivity contribution in [1.29, 1.82) is 0 Å². The van der Waals surface area contributed by atoms with E-state index in [4.69, 9.17) is 0 Å². The fraction of sp³-hybridized carbons (Fsp3) is 0.467. The number of aliphatic hydroxyl groups is 1. The zero-order valence-electron chi connectivity index (χ0n) is 11.0. The van der Waals surface area contributed by atoms with Crippen LogP contribution in [0.1, 0.15) is 43.0 Å². The van der Waals surface area contributed by atoms with Gasteiger partial charge in [-0.2, -0.15) is 10.1 Å². The average Bonchev–Trinajstić information content (AvgIpc) is 2.71. The Morgan fingerprint density at radius 2 is 2.11 bits per heavy atom. The molecule has 1 heterocycles. The molecule has 1 fully saturated rings. The van der Waals surface area contributed by atoms with E-state index >= 15 is 0 Å². The van der Waals surface area contributed by atoms with E-state index in [0.717, 1.165) is 31.4 Å². The van der Waals surface area contributed by atoms with E-state index in [0.29, 0.717) is 5.56 Å². The number of rotatable bonds is 1. The van der Waals surface area contributed by atoms with Gasteiger partial charge in [-0.3, -0.25) is 4.79 Å². The zero-order valence-corrected chi connectivity index (χ0v) is 11.0. The van der Waals surface area contributed by atoms with Crippen molar-refractivity contribution in [2.75, 3.05) is 0 Å². The highest BCUT2D eigenvalue weighted by Gasteiger charge is 2.49. The summed E-state index contributed by atoms with van der Waals surface area (Å²) >= 11 is 0. The molecule has 19 heavy (non-hydrogen) atoms. The van der Waals surface area contributed by atoms with Crippen LogP contribution in [0.2, 0.25) is 0 Å². The Morgan fingerprint density at radius 1 is 1.37 bits per heavy atom. The van der Waals surface area contributed by atoms with Crippen molar-refractivity contribution >= 4 is 11.6 Å². The van der Waals surface area contributed by atoms with Gasteiger partial charge in [-0.1, -0.05) is 24.6 Å². The molecule has 100 valence electrons. The molecule has 0 saturated heterocycles. The predicted molar refractivity (Wildman–Crippen MR) is 72.6 cm³/mol. The quantitative estimate of drug-likeness (QED) is 0.841. The van der Waals surface area contributed by atoms with E-state index in [1.807, 2.05) is 18.2 Å². The van der Waals surface area contributed by atoms with Gasteiger partial charge in [0.1, 0.15) is 0 Å². The number of nitrogens with zero attached hydrogens (tertiary/aromatic N) is 2. The molecule has 1 N–H and O–H groups in total. The second kappa shape index (κ2) is 4.46. The molecule has 4 heteroatoms. The molecule has 0 unspecified atom stereocenters. The number of carbonyl (C=O) groups is 1. The molecule has 3 rings (SSSR count). The lowest BCUT2D eigenvalue weighted by atomic mass is 9.81. The molecule has 0 spiro atoms. The van der Waals surface area contributed by atoms with Gasteiger partial charge in [-0.25, -0.2) is 0 Å². The maximum absolute atomic E-state index is 12.5. The smallest absolute Gasteiger partial charge is 0.276 e. The number of carbonyl (C=O) groups excluding carboxylic acids is 1. The molecular formula is C15H18N2O2.